The molecular weight excluding hydrogens is 277 g/mol. The number of aromatic nitrogens is 2. The van der Waals surface area contributed by atoms with Gasteiger partial charge in [0.15, 0.2) is 0 Å². The van der Waals surface area contributed by atoms with Gasteiger partial charge in [0.2, 0.25) is 0 Å². The molecular formula is C10H9BrClN3. The van der Waals surface area contributed by atoms with Gasteiger partial charge >= 0.3 is 0 Å². The normalized spacial score (nSPS) is 10.6. The monoisotopic (exact) mass is 285 g/mol. The highest BCUT2D eigenvalue weighted by Crippen LogP contribution is 2.31. The van der Waals surface area contributed by atoms with E-state index >= 15 is 0 Å². The first-order chi connectivity index (χ1) is 7.09. The lowest BCUT2D eigenvalue weighted by Crippen LogP contribution is -1.95. The Morgan fingerprint density at radius 2 is 2.20 bits per heavy atom. The Bertz CT molecular complexity index is 488. The summed E-state index contributed by atoms with van der Waals surface area (Å²) in [6.45, 7) is 0. The van der Waals surface area contributed by atoms with Gasteiger partial charge in [-0.15, -0.1) is 0 Å². The fraction of sp³-hybridized carbons (Fsp3) is 0.100. The first-order valence-electron chi connectivity index (χ1n) is 4.32. The average Bonchev–Trinajstić information content (AvgIpc) is 2.52. The SMILES string of the molecule is Cn1ncc(N)c1-c1ccc(Br)c(Cl)c1. The van der Waals surface area contributed by atoms with Crippen LogP contribution in [0.2, 0.25) is 5.02 Å². The Kier molecular flexibility index (Phi) is 2.71. The average molecular weight is 287 g/mol. The predicted molar refractivity (Wildman–Crippen MR) is 65.8 cm³/mol. The van der Waals surface area contributed by atoms with E-state index in [1.165, 1.54) is 0 Å². The molecule has 0 spiro atoms. The van der Waals surface area contributed by atoms with Gasteiger partial charge in [-0.1, -0.05) is 17.7 Å². The highest BCUT2D eigenvalue weighted by atomic mass is 79.9. The van der Waals surface area contributed by atoms with E-state index in [-0.39, 0.29) is 0 Å². The molecule has 78 valence electrons. The smallest absolute Gasteiger partial charge is 0.0909 e. The van der Waals surface area contributed by atoms with Crippen LogP contribution < -0.4 is 5.73 Å². The lowest BCUT2D eigenvalue weighted by Gasteiger charge is -2.05. The summed E-state index contributed by atoms with van der Waals surface area (Å²) < 4.78 is 2.60. The maximum atomic E-state index is 6.02. The van der Waals surface area contributed by atoms with Crippen molar-refractivity contribution in [3.8, 4) is 11.3 Å². The second-order valence-electron chi connectivity index (χ2n) is 3.20. The fourth-order valence-electron chi connectivity index (χ4n) is 1.45. The maximum Gasteiger partial charge on any atom is 0.0909 e. The van der Waals surface area contributed by atoms with Crippen LogP contribution in [-0.4, -0.2) is 9.78 Å². The number of anilines is 1. The maximum absolute atomic E-state index is 6.02. The van der Waals surface area contributed by atoms with Gasteiger partial charge in [0.1, 0.15) is 0 Å². The third kappa shape index (κ3) is 1.87. The molecule has 0 saturated carbocycles. The van der Waals surface area contributed by atoms with Crippen molar-refractivity contribution in [3.63, 3.8) is 0 Å². The number of halogens is 2. The largest absolute Gasteiger partial charge is 0.396 e. The Morgan fingerprint density at radius 3 is 2.73 bits per heavy atom. The van der Waals surface area contributed by atoms with Crippen LogP contribution in [0.15, 0.2) is 28.9 Å². The van der Waals surface area contributed by atoms with E-state index in [1.807, 2.05) is 25.2 Å². The van der Waals surface area contributed by atoms with Crippen molar-refractivity contribution >= 4 is 33.2 Å². The second-order valence-corrected chi connectivity index (χ2v) is 4.46. The Morgan fingerprint density at radius 1 is 1.47 bits per heavy atom. The molecule has 0 unspecified atom stereocenters. The number of nitrogens with zero attached hydrogens (tertiary/aromatic N) is 2. The van der Waals surface area contributed by atoms with E-state index in [2.05, 4.69) is 21.0 Å². The van der Waals surface area contributed by atoms with Crippen LogP contribution in [0.25, 0.3) is 11.3 Å². The van der Waals surface area contributed by atoms with Crippen molar-refractivity contribution in [1.82, 2.24) is 9.78 Å². The lowest BCUT2D eigenvalue weighted by atomic mass is 10.1. The first-order valence-corrected chi connectivity index (χ1v) is 5.49. The molecule has 5 heteroatoms. The quantitative estimate of drug-likeness (QED) is 0.875. The molecule has 1 heterocycles. The van der Waals surface area contributed by atoms with Crippen LogP contribution in [0.4, 0.5) is 5.69 Å². The molecule has 1 aromatic heterocycles. The van der Waals surface area contributed by atoms with Gasteiger partial charge in [0.05, 0.1) is 22.6 Å². The number of aryl methyl sites for hydroxylation is 1. The molecule has 0 aliphatic rings. The van der Waals surface area contributed by atoms with Crippen molar-refractivity contribution in [1.29, 1.82) is 0 Å². The number of rotatable bonds is 1. The minimum absolute atomic E-state index is 0.649. The van der Waals surface area contributed by atoms with E-state index in [0.717, 1.165) is 15.7 Å². The second kappa shape index (κ2) is 3.87. The van der Waals surface area contributed by atoms with Crippen molar-refractivity contribution < 1.29 is 0 Å². The fourth-order valence-corrected chi connectivity index (χ4v) is 1.88. The summed E-state index contributed by atoms with van der Waals surface area (Å²) in [4.78, 5) is 0. The van der Waals surface area contributed by atoms with Gasteiger partial charge in [-0.3, -0.25) is 4.68 Å². The molecule has 0 bridgehead atoms. The van der Waals surface area contributed by atoms with Crippen LogP contribution in [-0.2, 0) is 7.05 Å². The Labute approximate surface area is 101 Å². The zero-order valence-electron chi connectivity index (χ0n) is 8.04. The van der Waals surface area contributed by atoms with Crippen molar-refractivity contribution in [2.75, 3.05) is 5.73 Å². The molecule has 2 aromatic rings. The summed E-state index contributed by atoms with van der Waals surface area (Å²) in [5, 5.41) is 4.74. The third-order valence-corrected chi connectivity index (χ3v) is 3.39. The molecule has 0 amide bonds. The van der Waals surface area contributed by atoms with Crippen LogP contribution in [0.5, 0.6) is 0 Å². The van der Waals surface area contributed by atoms with Gasteiger partial charge in [0.25, 0.3) is 0 Å². The van der Waals surface area contributed by atoms with Crippen LogP contribution in [0.1, 0.15) is 0 Å². The molecule has 3 nitrogen and oxygen atoms in total. The highest BCUT2D eigenvalue weighted by molar-refractivity contribution is 9.10. The standard InChI is InChI=1S/C10H9BrClN3/c1-15-10(9(13)5-14-15)6-2-3-7(11)8(12)4-6/h2-5H,13H2,1H3. The molecule has 2 rings (SSSR count). The summed E-state index contributed by atoms with van der Waals surface area (Å²) in [6, 6.07) is 5.70. The summed E-state index contributed by atoms with van der Waals surface area (Å²) in [7, 11) is 1.85. The Balaban J connectivity index is 2.59. The summed E-state index contributed by atoms with van der Waals surface area (Å²) in [5.41, 5.74) is 8.31. The van der Waals surface area contributed by atoms with Gasteiger partial charge < -0.3 is 5.73 Å². The molecule has 0 aliphatic heterocycles. The minimum Gasteiger partial charge on any atom is -0.396 e. The lowest BCUT2D eigenvalue weighted by molar-refractivity contribution is 0.776. The van der Waals surface area contributed by atoms with Gasteiger partial charge in [-0.05, 0) is 28.1 Å². The molecule has 0 aliphatic carbocycles. The van der Waals surface area contributed by atoms with Crippen LogP contribution in [0, 0.1) is 0 Å². The third-order valence-electron chi connectivity index (χ3n) is 2.16. The van der Waals surface area contributed by atoms with E-state index in [4.69, 9.17) is 17.3 Å². The van der Waals surface area contributed by atoms with Gasteiger partial charge in [-0.2, -0.15) is 5.10 Å². The zero-order chi connectivity index (χ0) is 11.0. The van der Waals surface area contributed by atoms with E-state index in [1.54, 1.807) is 10.9 Å². The predicted octanol–water partition coefficient (Wildman–Crippen LogP) is 3.09. The van der Waals surface area contributed by atoms with E-state index in [0.29, 0.717) is 10.7 Å². The first kappa shape index (κ1) is 10.5. The van der Waals surface area contributed by atoms with Crippen molar-refractivity contribution in [2.45, 2.75) is 0 Å². The Hall–Kier alpha value is -1.000. The minimum atomic E-state index is 0.649. The van der Waals surface area contributed by atoms with Crippen molar-refractivity contribution in [3.05, 3.63) is 33.9 Å². The molecule has 0 radical (unpaired) electrons. The number of benzene rings is 1. The molecule has 0 saturated heterocycles. The van der Waals surface area contributed by atoms with Crippen LogP contribution in [0.3, 0.4) is 0 Å². The zero-order valence-corrected chi connectivity index (χ0v) is 10.4. The molecule has 15 heavy (non-hydrogen) atoms. The van der Waals surface area contributed by atoms with E-state index < -0.39 is 0 Å². The summed E-state index contributed by atoms with van der Waals surface area (Å²) >= 11 is 9.36. The van der Waals surface area contributed by atoms with E-state index in [9.17, 15) is 0 Å². The van der Waals surface area contributed by atoms with Crippen molar-refractivity contribution in [2.24, 2.45) is 7.05 Å². The topological polar surface area (TPSA) is 43.8 Å². The molecule has 1 aromatic carbocycles. The number of nitrogen functional groups attached to an aromatic ring is 1. The molecule has 2 N–H and O–H groups in total. The van der Waals surface area contributed by atoms with Crippen LogP contribution >= 0.6 is 27.5 Å². The van der Waals surface area contributed by atoms with Gasteiger partial charge in [0, 0.05) is 17.1 Å². The highest BCUT2D eigenvalue weighted by Gasteiger charge is 2.09. The number of hydrogen-bond donors (Lipinski definition) is 1. The summed E-state index contributed by atoms with van der Waals surface area (Å²) in [5.74, 6) is 0. The molecule has 0 fully saturated rings. The number of hydrogen-bond acceptors (Lipinski definition) is 2. The summed E-state index contributed by atoms with van der Waals surface area (Å²) in [6.07, 6.45) is 1.63. The van der Waals surface area contributed by atoms with Gasteiger partial charge in [-0.25, -0.2) is 0 Å². The number of nitrogens with two attached hydrogens (primary N) is 1. The molecule has 0 atom stereocenters.